The molecule has 0 bridgehead atoms. The van der Waals surface area contributed by atoms with Crippen molar-refractivity contribution in [2.45, 2.75) is 25.3 Å². The fourth-order valence-electron chi connectivity index (χ4n) is 2.79. The summed E-state index contributed by atoms with van der Waals surface area (Å²) in [6, 6.07) is 13.3. The molecule has 140 valence electrons. The first-order chi connectivity index (χ1) is 12.9. The van der Waals surface area contributed by atoms with Gasteiger partial charge in [-0.1, -0.05) is 18.2 Å². The molecule has 2 N–H and O–H groups in total. The fourth-order valence-corrected chi connectivity index (χ4v) is 2.79. The van der Waals surface area contributed by atoms with E-state index in [-0.39, 0.29) is 5.91 Å². The molecule has 0 saturated carbocycles. The first kappa shape index (κ1) is 18.4. The maximum atomic E-state index is 12.2. The number of rotatable bonds is 6. The predicted molar refractivity (Wildman–Crippen MR) is 97.8 cm³/mol. The Balaban J connectivity index is 1.59. The van der Waals surface area contributed by atoms with Gasteiger partial charge in [-0.25, -0.2) is 9.59 Å². The van der Waals surface area contributed by atoms with Crippen LogP contribution in [0.4, 0.5) is 4.79 Å². The molecular formula is C20H20N2O5. The van der Waals surface area contributed by atoms with Crippen molar-refractivity contribution in [1.29, 1.82) is 0 Å². The minimum Gasteiger partial charge on any atom is -0.497 e. The largest absolute Gasteiger partial charge is 0.497 e. The van der Waals surface area contributed by atoms with Crippen LogP contribution in [0.3, 0.4) is 0 Å². The molecule has 0 aliphatic carbocycles. The molecule has 7 heteroatoms. The smallest absolute Gasteiger partial charge is 0.343 e. The highest BCUT2D eigenvalue weighted by Gasteiger charge is 2.41. The van der Waals surface area contributed by atoms with Crippen LogP contribution in [0.2, 0.25) is 0 Å². The molecule has 2 aromatic rings. The van der Waals surface area contributed by atoms with Crippen LogP contribution in [0.25, 0.3) is 0 Å². The number of hydrogen-bond donors (Lipinski definition) is 2. The lowest BCUT2D eigenvalue weighted by atomic mass is 9.93. The first-order valence-electron chi connectivity index (χ1n) is 8.48. The molecule has 1 heterocycles. The van der Waals surface area contributed by atoms with Gasteiger partial charge in [-0.2, -0.15) is 0 Å². The Morgan fingerprint density at radius 3 is 2.44 bits per heavy atom. The molecule has 1 aliphatic heterocycles. The van der Waals surface area contributed by atoms with Crippen molar-refractivity contribution in [1.82, 2.24) is 10.6 Å². The zero-order chi connectivity index (χ0) is 19.4. The number of carbonyl (C=O) groups excluding carboxylic acids is 3. The van der Waals surface area contributed by atoms with Gasteiger partial charge < -0.3 is 14.8 Å². The molecular weight excluding hydrogens is 348 g/mol. The van der Waals surface area contributed by atoms with Crippen molar-refractivity contribution in [3.05, 3.63) is 59.7 Å². The Kier molecular flexibility index (Phi) is 5.12. The van der Waals surface area contributed by atoms with Gasteiger partial charge in [0.2, 0.25) is 0 Å². The van der Waals surface area contributed by atoms with Crippen LogP contribution in [0.1, 0.15) is 29.3 Å². The van der Waals surface area contributed by atoms with E-state index in [0.717, 1.165) is 5.56 Å². The van der Waals surface area contributed by atoms with E-state index in [1.807, 2.05) is 12.1 Å². The number of nitrogens with one attached hydrogen (secondary N) is 2. The van der Waals surface area contributed by atoms with Crippen molar-refractivity contribution in [2.75, 3.05) is 7.11 Å². The number of amides is 3. The lowest BCUT2D eigenvalue weighted by Gasteiger charge is -2.20. The molecule has 3 rings (SSSR count). The molecule has 0 radical (unpaired) electrons. The van der Waals surface area contributed by atoms with Crippen LogP contribution in [0.15, 0.2) is 48.5 Å². The zero-order valence-electron chi connectivity index (χ0n) is 15.1. The maximum Gasteiger partial charge on any atom is 0.343 e. The number of aryl methyl sites for hydroxylation is 1. The molecule has 0 unspecified atom stereocenters. The molecule has 7 nitrogen and oxygen atoms in total. The Bertz CT molecular complexity index is 878. The van der Waals surface area contributed by atoms with Gasteiger partial charge >= 0.3 is 12.0 Å². The third-order valence-electron chi connectivity index (χ3n) is 4.47. The lowest BCUT2D eigenvalue weighted by Crippen LogP contribution is -2.43. The molecule has 3 amide bonds. The number of carbonyl (C=O) groups is 3. The summed E-state index contributed by atoms with van der Waals surface area (Å²) in [6.07, 6.45) is 1.06. The molecule has 27 heavy (non-hydrogen) atoms. The third kappa shape index (κ3) is 4.25. The molecule has 0 spiro atoms. The van der Waals surface area contributed by atoms with Crippen molar-refractivity contribution in [3.8, 4) is 11.5 Å². The molecule has 1 aliphatic rings. The zero-order valence-corrected chi connectivity index (χ0v) is 15.1. The predicted octanol–water partition coefficient (Wildman–Crippen LogP) is 2.45. The number of esters is 1. The first-order valence-corrected chi connectivity index (χ1v) is 8.48. The van der Waals surface area contributed by atoms with E-state index < -0.39 is 17.5 Å². The highest BCUT2D eigenvalue weighted by atomic mass is 16.5. The second-order valence-corrected chi connectivity index (χ2v) is 6.51. The normalized spacial score (nSPS) is 18.6. The van der Waals surface area contributed by atoms with E-state index in [1.165, 1.54) is 7.11 Å². The number of ether oxygens (including phenoxy) is 2. The van der Waals surface area contributed by atoms with Crippen LogP contribution in [-0.2, 0) is 11.2 Å². The number of urea groups is 1. The minimum absolute atomic E-state index is 0.323. The number of imide groups is 1. The van der Waals surface area contributed by atoms with Crippen molar-refractivity contribution < 1.29 is 23.9 Å². The highest BCUT2D eigenvalue weighted by molar-refractivity contribution is 6.06. The molecule has 1 saturated heterocycles. The quantitative estimate of drug-likeness (QED) is 0.464. The molecule has 2 aromatic carbocycles. The highest BCUT2D eigenvalue weighted by Crippen LogP contribution is 2.21. The van der Waals surface area contributed by atoms with Crippen molar-refractivity contribution in [3.63, 3.8) is 0 Å². The average molecular weight is 368 g/mol. The van der Waals surface area contributed by atoms with E-state index in [1.54, 1.807) is 43.3 Å². The summed E-state index contributed by atoms with van der Waals surface area (Å²) in [4.78, 5) is 35.3. The lowest BCUT2D eigenvalue weighted by molar-refractivity contribution is -0.123. The molecule has 1 fully saturated rings. The summed E-state index contributed by atoms with van der Waals surface area (Å²) in [5, 5.41) is 4.88. The van der Waals surface area contributed by atoms with E-state index in [9.17, 15) is 14.4 Å². The van der Waals surface area contributed by atoms with Crippen molar-refractivity contribution >= 4 is 17.9 Å². The van der Waals surface area contributed by atoms with Crippen molar-refractivity contribution in [2.24, 2.45) is 0 Å². The Hall–Kier alpha value is -3.35. The summed E-state index contributed by atoms with van der Waals surface area (Å²) in [5.41, 5.74) is 0.454. The Morgan fingerprint density at radius 2 is 1.81 bits per heavy atom. The van der Waals surface area contributed by atoms with Crippen LogP contribution in [0.5, 0.6) is 11.5 Å². The van der Waals surface area contributed by atoms with E-state index in [4.69, 9.17) is 9.47 Å². The summed E-state index contributed by atoms with van der Waals surface area (Å²) < 4.78 is 10.5. The topological polar surface area (TPSA) is 93.7 Å². The van der Waals surface area contributed by atoms with Crippen LogP contribution < -0.4 is 20.1 Å². The van der Waals surface area contributed by atoms with Gasteiger partial charge in [0.15, 0.2) is 0 Å². The monoisotopic (exact) mass is 368 g/mol. The number of methoxy groups -OCH3 is 1. The fraction of sp³-hybridized carbons (Fsp3) is 0.250. The average Bonchev–Trinajstić information content (AvgIpc) is 2.93. The van der Waals surface area contributed by atoms with Crippen LogP contribution >= 0.6 is 0 Å². The summed E-state index contributed by atoms with van der Waals surface area (Å²) in [5.74, 6) is 0.205. The minimum atomic E-state index is -0.908. The van der Waals surface area contributed by atoms with Gasteiger partial charge in [0.1, 0.15) is 17.0 Å². The maximum absolute atomic E-state index is 12.2. The Morgan fingerprint density at radius 1 is 1.07 bits per heavy atom. The van der Waals surface area contributed by atoms with Gasteiger partial charge in [-0.15, -0.1) is 0 Å². The second kappa shape index (κ2) is 7.49. The second-order valence-electron chi connectivity index (χ2n) is 6.51. The third-order valence-corrected chi connectivity index (χ3v) is 4.47. The van der Waals surface area contributed by atoms with Gasteiger partial charge in [0.25, 0.3) is 5.91 Å². The molecule has 0 aromatic heterocycles. The summed E-state index contributed by atoms with van der Waals surface area (Å²) in [7, 11) is 1.53. The number of hydrogen-bond acceptors (Lipinski definition) is 5. The summed E-state index contributed by atoms with van der Waals surface area (Å²) in [6.45, 7) is 1.69. The van der Waals surface area contributed by atoms with E-state index >= 15 is 0 Å². The van der Waals surface area contributed by atoms with E-state index in [0.29, 0.717) is 29.9 Å². The van der Waals surface area contributed by atoms with Crippen LogP contribution in [0, 0.1) is 0 Å². The summed E-state index contributed by atoms with van der Waals surface area (Å²) >= 11 is 0. The standard InChI is InChI=1S/C20H20N2O5/c1-20(18(24)21-19(25)22-20)11-10-13-6-8-15(9-7-13)27-17(23)14-4-3-5-16(12-14)26-2/h3-9,12H,10-11H2,1-2H3,(H2,21,22,24,25)/t20-/m1/s1. The van der Waals surface area contributed by atoms with Gasteiger partial charge in [0, 0.05) is 0 Å². The van der Waals surface area contributed by atoms with Crippen LogP contribution in [-0.4, -0.2) is 30.6 Å². The van der Waals surface area contributed by atoms with Gasteiger partial charge in [0.05, 0.1) is 12.7 Å². The SMILES string of the molecule is COc1cccc(C(=O)Oc2ccc(CC[C@@]3(C)NC(=O)NC3=O)cc2)c1. The van der Waals surface area contributed by atoms with Gasteiger partial charge in [-0.05, 0) is 55.7 Å². The van der Waals surface area contributed by atoms with Gasteiger partial charge in [-0.3, -0.25) is 10.1 Å². The molecule has 1 atom stereocenters. The van der Waals surface area contributed by atoms with E-state index in [2.05, 4.69) is 10.6 Å². The number of benzene rings is 2. The Labute approximate surface area is 156 Å².